The maximum Gasteiger partial charge on any atom is 0.247 e. The highest BCUT2D eigenvalue weighted by Crippen LogP contribution is 2.37. The molecule has 132 valence electrons. The molecule has 0 N–H and O–H groups in total. The Morgan fingerprint density at radius 3 is 1.96 bits per heavy atom. The van der Waals surface area contributed by atoms with Crippen molar-refractivity contribution in [3.05, 3.63) is 89.5 Å². The molecule has 0 bridgehead atoms. The van der Waals surface area contributed by atoms with Gasteiger partial charge in [-0.1, -0.05) is 53.2 Å². The van der Waals surface area contributed by atoms with E-state index in [4.69, 9.17) is 4.74 Å². The van der Waals surface area contributed by atoms with Gasteiger partial charge in [-0.2, -0.15) is 0 Å². The maximum atomic E-state index is 12.7. The highest BCUT2D eigenvalue weighted by atomic mass is 16.5. The van der Waals surface area contributed by atoms with E-state index in [1.54, 1.807) is 7.11 Å². The van der Waals surface area contributed by atoms with E-state index < -0.39 is 0 Å². The summed E-state index contributed by atoms with van der Waals surface area (Å²) in [6, 6.07) is 24.3. The average Bonchev–Trinajstić information content (AvgIpc) is 3.26. The molecule has 0 amide bonds. The summed E-state index contributed by atoms with van der Waals surface area (Å²) in [6.45, 7) is 0.545. The summed E-state index contributed by atoms with van der Waals surface area (Å²) in [6.07, 6.45) is 0. The third-order valence-corrected chi connectivity index (χ3v) is 5.30. The second-order valence-corrected chi connectivity index (χ2v) is 6.79. The van der Waals surface area contributed by atoms with E-state index >= 15 is 0 Å². The van der Waals surface area contributed by atoms with E-state index in [9.17, 15) is 5.11 Å². The molecule has 5 rings (SSSR count). The van der Waals surface area contributed by atoms with Crippen molar-refractivity contribution in [3.8, 4) is 16.9 Å². The Balaban J connectivity index is 1.61. The molecular weight excluding hydrogens is 336 g/mol. The number of hydrogen-bond donors (Lipinski definition) is 0. The number of nitrogens with zero attached hydrogens (tertiary/aromatic N) is 2. The minimum atomic E-state index is -0.261. The van der Waals surface area contributed by atoms with Crippen molar-refractivity contribution >= 4 is 11.6 Å². The van der Waals surface area contributed by atoms with Gasteiger partial charge in [0.25, 0.3) is 0 Å². The molecule has 1 atom stereocenters. The molecule has 0 fully saturated rings. The number of hydrazone groups is 1. The zero-order valence-electron chi connectivity index (χ0n) is 14.9. The van der Waals surface area contributed by atoms with Gasteiger partial charge in [-0.05, 0) is 46.1 Å². The summed E-state index contributed by atoms with van der Waals surface area (Å²) in [5.41, 5.74) is 6.63. The lowest BCUT2D eigenvalue weighted by Gasteiger charge is -2.12. The lowest BCUT2D eigenvalue weighted by molar-refractivity contribution is -0.524. The second kappa shape index (κ2) is 6.09. The van der Waals surface area contributed by atoms with E-state index in [1.165, 1.54) is 11.1 Å². The zero-order chi connectivity index (χ0) is 18.4. The Hall–Kier alpha value is -3.40. The van der Waals surface area contributed by atoms with Crippen LogP contribution in [-0.4, -0.2) is 29.9 Å². The van der Waals surface area contributed by atoms with Crippen LogP contribution in [0.25, 0.3) is 11.1 Å². The number of methoxy groups -OCH3 is 1. The Morgan fingerprint density at radius 2 is 1.41 bits per heavy atom. The molecule has 0 aromatic heterocycles. The average molecular weight is 354 g/mol. The van der Waals surface area contributed by atoms with E-state index in [1.807, 2.05) is 53.2 Å². The predicted octanol–water partition coefficient (Wildman–Crippen LogP) is 3.00. The molecule has 3 aromatic rings. The smallest absolute Gasteiger partial charge is 0.247 e. The zero-order valence-corrected chi connectivity index (χ0v) is 14.9. The summed E-state index contributed by atoms with van der Waals surface area (Å²) in [7, 11) is 1.64. The van der Waals surface area contributed by atoms with Gasteiger partial charge in [0.05, 0.1) is 24.2 Å². The Labute approximate surface area is 157 Å². The third kappa shape index (κ3) is 2.45. The predicted molar refractivity (Wildman–Crippen MR) is 103 cm³/mol. The van der Waals surface area contributed by atoms with Crippen LogP contribution in [0.1, 0.15) is 22.6 Å². The molecule has 0 spiro atoms. The largest absolute Gasteiger partial charge is 0.857 e. The van der Waals surface area contributed by atoms with Crippen LogP contribution < -0.4 is 9.84 Å². The molecule has 3 aromatic carbocycles. The van der Waals surface area contributed by atoms with E-state index in [0.29, 0.717) is 6.54 Å². The Kier molecular flexibility index (Phi) is 3.57. The quantitative estimate of drug-likeness (QED) is 0.520. The highest BCUT2D eigenvalue weighted by molar-refractivity contribution is 6.22. The fourth-order valence-corrected chi connectivity index (χ4v) is 3.98. The van der Waals surface area contributed by atoms with Gasteiger partial charge in [-0.15, -0.1) is 0 Å². The third-order valence-electron chi connectivity index (χ3n) is 5.30. The van der Waals surface area contributed by atoms with Gasteiger partial charge in [0.15, 0.2) is 6.54 Å². The van der Waals surface area contributed by atoms with Crippen molar-refractivity contribution in [1.82, 2.24) is 0 Å². The van der Waals surface area contributed by atoms with Crippen LogP contribution in [0, 0.1) is 0 Å². The van der Waals surface area contributed by atoms with Crippen molar-refractivity contribution in [2.24, 2.45) is 5.10 Å². The van der Waals surface area contributed by atoms with E-state index in [0.717, 1.165) is 28.2 Å². The maximum absolute atomic E-state index is 12.7. The molecule has 0 saturated carbocycles. The van der Waals surface area contributed by atoms with Crippen molar-refractivity contribution < 1.29 is 14.5 Å². The topological polar surface area (TPSA) is 47.7 Å². The van der Waals surface area contributed by atoms with Crippen LogP contribution in [0.4, 0.5) is 0 Å². The summed E-state index contributed by atoms with van der Waals surface area (Å²) < 4.78 is 7.09. The summed E-state index contributed by atoms with van der Waals surface area (Å²) in [5, 5.41) is 17.1. The molecule has 0 saturated heterocycles. The number of hydrogen-bond acceptors (Lipinski definition) is 3. The van der Waals surface area contributed by atoms with Gasteiger partial charge >= 0.3 is 0 Å². The van der Waals surface area contributed by atoms with Gasteiger partial charge in [0.2, 0.25) is 5.71 Å². The lowest BCUT2D eigenvalue weighted by atomic mass is 9.99. The molecule has 4 heteroatoms. The normalized spacial score (nSPS) is 17.5. The molecule has 0 radical (unpaired) electrons. The molecule has 1 aliphatic heterocycles. The number of benzene rings is 3. The first kappa shape index (κ1) is 15.8. The molecule has 1 aliphatic carbocycles. The van der Waals surface area contributed by atoms with E-state index in [-0.39, 0.29) is 11.8 Å². The van der Waals surface area contributed by atoms with Crippen LogP contribution in [0.5, 0.6) is 5.75 Å². The van der Waals surface area contributed by atoms with Crippen molar-refractivity contribution in [2.75, 3.05) is 13.7 Å². The minimum absolute atomic E-state index is 0.102. The van der Waals surface area contributed by atoms with Gasteiger partial charge in [0, 0.05) is 5.90 Å². The van der Waals surface area contributed by atoms with Crippen molar-refractivity contribution in [2.45, 2.75) is 5.92 Å². The lowest BCUT2D eigenvalue weighted by Crippen LogP contribution is -2.24. The second-order valence-electron chi connectivity index (χ2n) is 6.79. The summed E-state index contributed by atoms with van der Waals surface area (Å²) in [4.78, 5) is 0. The summed E-state index contributed by atoms with van der Waals surface area (Å²) in [5.74, 6) is 0.420. The fraction of sp³-hybridized carbons (Fsp3) is 0.130. The van der Waals surface area contributed by atoms with Crippen LogP contribution in [-0.2, 0) is 0 Å². The monoisotopic (exact) mass is 354 g/mol. The first-order valence-corrected chi connectivity index (χ1v) is 8.99. The van der Waals surface area contributed by atoms with Crippen LogP contribution in [0.15, 0.2) is 77.9 Å². The van der Waals surface area contributed by atoms with Gasteiger partial charge < -0.3 is 9.84 Å². The molecule has 1 unspecified atom stereocenters. The molecule has 1 heterocycles. The Morgan fingerprint density at radius 1 is 0.852 bits per heavy atom. The molecule has 2 aliphatic rings. The Bertz CT molecular complexity index is 1050. The number of rotatable bonds is 2. The van der Waals surface area contributed by atoms with Gasteiger partial charge in [-0.3, -0.25) is 0 Å². The van der Waals surface area contributed by atoms with Crippen LogP contribution >= 0.6 is 0 Å². The summed E-state index contributed by atoms with van der Waals surface area (Å²) >= 11 is 0. The SMILES string of the molecule is COc1ccc(C2C[N+](=C3c4ccccc4-c4ccccc43)N=C2[O-])cc1. The van der Waals surface area contributed by atoms with Gasteiger partial charge in [0.1, 0.15) is 5.75 Å². The highest BCUT2D eigenvalue weighted by Gasteiger charge is 2.36. The number of ether oxygens (including phenoxy) is 1. The molecule has 27 heavy (non-hydrogen) atoms. The minimum Gasteiger partial charge on any atom is -0.857 e. The standard InChI is InChI=1S/C23H18N2O2/c1-27-16-12-10-15(11-13-16)21-14-25(24-23(21)26)22-19-8-4-2-6-17(19)18-7-3-5-9-20(18)22/h2-13,21H,14H2,1H3. The van der Waals surface area contributed by atoms with Gasteiger partial charge in [-0.25, -0.2) is 0 Å². The van der Waals surface area contributed by atoms with Crippen molar-refractivity contribution in [3.63, 3.8) is 0 Å². The van der Waals surface area contributed by atoms with Crippen molar-refractivity contribution in [1.29, 1.82) is 0 Å². The first-order valence-electron chi connectivity index (χ1n) is 8.99. The first-order chi connectivity index (χ1) is 13.3. The van der Waals surface area contributed by atoms with Crippen LogP contribution in [0.3, 0.4) is 0 Å². The fourth-order valence-electron chi connectivity index (χ4n) is 3.98. The van der Waals surface area contributed by atoms with Crippen LogP contribution in [0.2, 0.25) is 0 Å². The van der Waals surface area contributed by atoms with E-state index in [2.05, 4.69) is 29.4 Å². The molecular formula is C23H18N2O2. The molecule has 4 nitrogen and oxygen atoms in total. The number of fused-ring (bicyclic) bond motifs is 3.